The summed E-state index contributed by atoms with van der Waals surface area (Å²) < 4.78 is 19.5. The summed E-state index contributed by atoms with van der Waals surface area (Å²) in [5, 5.41) is 18.0. The van der Waals surface area contributed by atoms with Crippen LogP contribution in [-0.4, -0.2) is 48.4 Å². The van der Waals surface area contributed by atoms with Gasteiger partial charge in [-0.1, -0.05) is 12.1 Å². The van der Waals surface area contributed by atoms with E-state index in [0.717, 1.165) is 26.0 Å². The molecule has 0 aromatic heterocycles. The molecule has 1 unspecified atom stereocenters. The second-order valence-electron chi connectivity index (χ2n) is 5.41. The summed E-state index contributed by atoms with van der Waals surface area (Å²) in [4.78, 5) is 2.03. The van der Waals surface area contributed by atoms with Gasteiger partial charge in [-0.15, -0.1) is 0 Å². The highest BCUT2D eigenvalue weighted by Gasteiger charge is 2.18. The Morgan fingerprint density at radius 3 is 2.80 bits per heavy atom. The Morgan fingerprint density at radius 1 is 1.40 bits per heavy atom. The first-order valence-electron chi connectivity index (χ1n) is 7.01. The Balaban J connectivity index is 1.91. The summed E-state index contributed by atoms with van der Waals surface area (Å²) >= 11 is 0. The van der Waals surface area contributed by atoms with E-state index in [1.54, 1.807) is 6.07 Å². The highest BCUT2D eigenvalue weighted by Crippen LogP contribution is 2.15. The monoisotopic (exact) mass is 281 g/mol. The van der Waals surface area contributed by atoms with Gasteiger partial charge < -0.3 is 14.8 Å². The molecule has 20 heavy (non-hydrogen) atoms. The van der Waals surface area contributed by atoms with E-state index < -0.39 is 12.9 Å². The Bertz CT molecular complexity index is 438. The zero-order chi connectivity index (χ0) is 14.5. The third-order valence-corrected chi connectivity index (χ3v) is 3.60. The smallest absolute Gasteiger partial charge is 0.423 e. The number of benzene rings is 1. The van der Waals surface area contributed by atoms with Crippen LogP contribution in [0.5, 0.6) is 0 Å². The van der Waals surface area contributed by atoms with Crippen LogP contribution in [0.15, 0.2) is 18.2 Å². The third kappa shape index (κ3) is 4.28. The molecule has 0 aliphatic carbocycles. The fraction of sp³-hybridized carbons (Fsp3) is 0.571. The van der Waals surface area contributed by atoms with Crippen LogP contribution < -0.4 is 5.46 Å². The maximum atomic E-state index is 13.9. The molecule has 1 fully saturated rings. The van der Waals surface area contributed by atoms with E-state index in [1.165, 1.54) is 18.6 Å². The standard InChI is InChI=1S/C14H21BFNO3/c1-17(10-13-4-2-3-7-20-13)9-11-5-6-12(15(18)19)8-14(11)16/h5-6,8,13,18-19H,2-4,7,9-10H2,1H3. The fourth-order valence-corrected chi connectivity index (χ4v) is 2.51. The van der Waals surface area contributed by atoms with Crippen LogP contribution in [-0.2, 0) is 11.3 Å². The predicted octanol–water partition coefficient (Wildman–Crippen LogP) is 0.506. The summed E-state index contributed by atoms with van der Waals surface area (Å²) in [6, 6.07) is 4.31. The first-order valence-corrected chi connectivity index (χ1v) is 7.01. The van der Waals surface area contributed by atoms with Gasteiger partial charge in [-0.2, -0.15) is 0 Å². The van der Waals surface area contributed by atoms with Crippen LogP contribution >= 0.6 is 0 Å². The highest BCUT2D eigenvalue weighted by molar-refractivity contribution is 6.58. The molecule has 0 spiro atoms. The van der Waals surface area contributed by atoms with Crippen LogP contribution in [0.2, 0.25) is 0 Å². The summed E-state index contributed by atoms with van der Waals surface area (Å²) in [5.74, 6) is -0.410. The molecule has 1 aromatic carbocycles. The zero-order valence-electron chi connectivity index (χ0n) is 11.8. The van der Waals surface area contributed by atoms with E-state index in [0.29, 0.717) is 12.1 Å². The molecule has 0 radical (unpaired) electrons. The number of hydrogen-bond acceptors (Lipinski definition) is 4. The normalized spacial score (nSPS) is 19.4. The molecule has 1 aromatic rings. The lowest BCUT2D eigenvalue weighted by Gasteiger charge is -2.27. The second kappa shape index (κ2) is 7.17. The molecule has 1 saturated heterocycles. The quantitative estimate of drug-likeness (QED) is 0.772. The fourth-order valence-electron chi connectivity index (χ4n) is 2.51. The molecule has 0 bridgehead atoms. The van der Waals surface area contributed by atoms with Crippen molar-refractivity contribution in [2.24, 2.45) is 0 Å². The molecule has 1 heterocycles. The number of ether oxygens (including phenoxy) is 1. The first-order chi connectivity index (χ1) is 9.56. The van der Waals surface area contributed by atoms with Crippen molar-refractivity contribution in [2.75, 3.05) is 20.2 Å². The summed E-state index contributed by atoms with van der Waals surface area (Å²) in [7, 11) is 0.304. The Labute approximate surface area is 119 Å². The molecule has 110 valence electrons. The van der Waals surface area contributed by atoms with Gasteiger partial charge in [0.15, 0.2) is 0 Å². The van der Waals surface area contributed by atoms with E-state index in [-0.39, 0.29) is 11.6 Å². The van der Waals surface area contributed by atoms with Crippen molar-refractivity contribution >= 4 is 12.6 Å². The van der Waals surface area contributed by atoms with Crippen LogP contribution in [0.25, 0.3) is 0 Å². The molecule has 2 rings (SSSR count). The van der Waals surface area contributed by atoms with E-state index in [9.17, 15) is 4.39 Å². The number of rotatable bonds is 5. The van der Waals surface area contributed by atoms with Gasteiger partial charge in [0.25, 0.3) is 0 Å². The lowest BCUT2D eigenvalue weighted by Crippen LogP contribution is -2.34. The topological polar surface area (TPSA) is 52.9 Å². The Kier molecular flexibility index (Phi) is 5.54. The minimum Gasteiger partial charge on any atom is -0.423 e. The zero-order valence-corrected chi connectivity index (χ0v) is 11.8. The maximum Gasteiger partial charge on any atom is 0.488 e. The van der Waals surface area contributed by atoms with Crippen LogP contribution in [0.1, 0.15) is 24.8 Å². The van der Waals surface area contributed by atoms with Crippen molar-refractivity contribution in [2.45, 2.75) is 31.9 Å². The van der Waals surface area contributed by atoms with Gasteiger partial charge >= 0.3 is 7.12 Å². The average Bonchev–Trinajstić information content (AvgIpc) is 2.42. The summed E-state index contributed by atoms with van der Waals surface area (Å²) in [5.41, 5.74) is 0.720. The van der Waals surface area contributed by atoms with Crippen LogP contribution in [0.3, 0.4) is 0 Å². The highest BCUT2D eigenvalue weighted by atomic mass is 19.1. The van der Waals surface area contributed by atoms with Gasteiger partial charge in [0.05, 0.1) is 6.10 Å². The third-order valence-electron chi connectivity index (χ3n) is 3.60. The Hall–Kier alpha value is -0.945. The van der Waals surface area contributed by atoms with Crippen LogP contribution in [0, 0.1) is 5.82 Å². The number of likely N-dealkylation sites (N-methyl/N-ethyl adjacent to an activating group) is 1. The molecular weight excluding hydrogens is 260 g/mol. The van der Waals surface area contributed by atoms with Gasteiger partial charge in [0.1, 0.15) is 5.82 Å². The van der Waals surface area contributed by atoms with Gasteiger partial charge in [0, 0.05) is 25.3 Å². The van der Waals surface area contributed by atoms with E-state index in [1.807, 2.05) is 11.9 Å². The first kappa shape index (κ1) is 15.4. The summed E-state index contributed by atoms with van der Waals surface area (Å²) in [6.45, 7) is 2.08. The van der Waals surface area contributed by atoms with Crippen molar-refractivity contribution in [3.8, 4) is 0 Å². The van der Waals surface area contributed by atoms with Crippen molar-refractivity contribution < 1.29 is 19.2 Å². The predicted molar refractivity (Wildman–Crippen MR) is 76.2 cm³/mol. The number of nitrogens with zero attached hydrogens (tertiary/aromatic N) is 1. The molecule has 2 N–H and O–H groups in total. The maximum absolute atomic E-state index is 13.9. The van der Waals surface area contributed by atoms with Gasteiger partial charge in [-0.05, 0) is 37.8 Å². The molecule has 0 saturated carbocycles. The minimum atomic E-state index is -1.63. The molecule has 6 heteroatoms. The average molecular weight is 281 g/mol. The van der Waals surface area contributed by atoms with E-state index in [4.69, 9.17) is 14.8 Å². The Morgan fingerprint density at radius 2 is 2.20 bits per heavy atom. The summed E-state index contributed by atoms with van der Waals surface area (Å²) in [6.07, 6.45) is 3.61. The molecule has 4 nitrogen and oxygen atoms in total. The second-order valence-corrected chi connectivity index (χ2v) is 5.41. The number of hydrogen-bond donors (Lipinski definition) is 2. The SMILES string of the molecule is CN(Cc1ccc(B(O)O)cc1F)CC1CCCCO1. The number of halogens is 1. The molecule has 1 aliphatic heterocycles. The van der Waals surface area contributed by atoms with Crippen molar-refractivity contribution in [1.82, 2.24) is 4.90 Å². The van der Waals surface area contributed by atoms with Crippen LogP contribution in [0.4, 0.5) is 4.39 Å². The molecule has 1 atom stereocenters. The minimum absolute atomic E-state index is 0.171. The van der Waals surface area contributed by atoms with Crippen molar-refractivity contribution in [3.63, 3.8) is 0 Å². The lowest BCUT2D eigenvalue weighted by atomic mass is 9.80. The van der Waals surface area contributed by atoms with Gasteiger partial charge in [-0.25, -0.2) is 4.39 Å². The van der Waals surface area contributed by atoms with Crippen molar-refractivity contribution in [3.05, 3.63) is 29.6 Å². The molecular formula is C14H21BFNO3. The largest absolute Gasteiger partial charge is 0.488 e. The van der Waals surface area contributed by atoms with E-state index >= 15 is 0 Å². The molecule has 1 aliphatic rings. The van der Waals surface area contributed by atoms with Gasteiger partial charge in [-0.3, -0.25) is 4.90 Å². The lowest BCUT2D eigenvalue weighted by molar-refractivity contribution is -0.00272. The van der Waals surface area contributed by atoms with Gasteiger partial charge in [0.2, 0.25) is 0 Å². The molecule has 0 amide bonds. The van der Waals surface area contributed by atoms with Crippen molar-refractivity contribution in [1.29, 1.82) is 0 Å². The van der Waals surface area contributed by atoms with E-state index in [2.05, 4.69) is 0 Å².